The lowest BCUT2D eigenvalue weighted by molar-refractivity contribution is -0.129. The molecule has 4 heterocycles. The number of carbonyl (C=O) groups excluding carboxylic acids is 1. The Labute approximate surface area is 134 Å². The molecule has 0 N–H and O–H groups in total. The van der Waals surface area contributed by atoms with Crippen LogP contribution >= 0.6 is 0 Å². The Morgan fingerprint density at radius 1 is 1.26 bits per heavy atom. The first kappa shape index (κ1) is 13.9. The van der Waals surface area contributed by atoms with Gasteiger partial charge in [-0.1, -0.05) is 6.08 Å². The zero-order chi connectivity index (χ0) is 15.6. The van der Waals surface area contributed by atoms with Crippen LogP contribution < -0.4 is 0 Å². The van der Waals surface area contributed by atoms with Gasteiger partial charge >= 0.3 is 0 Å². The third-order valence-electron chi connectivity index (χ3n) is 4.17. The third kappa shape index (κ3) is 2.67. The first-order valence-electron chi connectivity index (χ1n) is 7.80. The van der Waals surface area contributed by atoms with Crippen LogP contribution in [0.15, 0.2) is 54.1 Å². The Balaban J connectivity index is 1.60. The molecule has 0 saturated carbocycles. The van der Waals surface area contributed by atoms with Gasteiger partial charge in [0.25, 0.3) is 0 Å². The highest BCUT2D eigenvalue weighted by atomic mass is 16.2. The Kier molecular flexibility index (Phi) is 3.49. The second kappa shape index (κ2) is 5.79. The first-order valence-corrected chi connectivity index (χ1v) is 7.80. The molecule has 4 rings (SSSR count). The van der Waals surface area contributed by atoms with Gasteiger partial charge in [0.15, 0.2) is 0 Å². The van der Waals surface area contributed by atoms with Gasteiger partial charge in [-0.05, 0) is 24.6 Å². The molecule has 0 spiro atoms. The van der Waals surface area contributed by atoms with E-state index in [1.54, 1.807) is 23.3 Å². The van der Waals surface area contributed by atoms with E-state index in [-0.39, 0.29) is 12.1 Å². The average Bonchev–Trinajstić information content (AvgIpc) is 3.25. The molecule has 1 amide bonds. The summed E-state index contributed by atoms with van der Waals surface area (Å²) in [5.41, 5.74) is 2.72. The maximum atomic E-state index is 11.9. The smallest absolute Gasteiger partial charge is 0.224 e. The summed E-state index contributed by atoms with van der Waals surface area (Å²) >= 11 is 0. The number of nitrogens with zero attached hydrogens (tertiary/aromatic N) is 5. The summed E-state index contributed by atoms with van der Waals surface area (Å²) in [5.74, 6) is 0.208. The van der Waals surface area contributed by atoms with Gasteiger partial charge in [0.2, 0.25) is 5.91 Å². The second-order valence-corrected chi connectivity index (χ2v) is 5.71. The topological polar surface area (TPSA) is 63.4 Å². The van der Waals surface area contributed by atoms with Crippen LogP contribution in [0.3, 0.4) is 0 Å². The monoisotopic (exact) mass is 307 g/mol. The van der Waals surface area contributed by atoms with Crippen LogP contribution in [-0.2, 0) is 4.79 Å². The first-order chi connectivity index (χ1) is 11.3. The minimum absolute atomic E-state index is 0.0771. The molecule has 0 aliphatic carbocycles. The van der Waals surface area contributed by atoms with Gasteiger partial charge in [0.1, 0.15) is 6.17 Å². The highest BCUT2D eigenvalue weighted by Crippen LogP contribution is 2.21. The van der Waals surface area contributed by atoms with Crippen LogP contribution in [0.2, 0.25) is 0 Å². The number of rotatable bonds is 3. The third-order valence-corrected chi connectivity index (χ3v) is 4.17. The molecule has 6 nitrogen and oxygen atoms in total. The van der Waals surface area contributed by atoms with Crippen LogP contribution in [0.25, 0.3) is 5.69 Å². The zero-order valence-corrected chi connectivity index (χ0v) is 12.7. The highest BCUT2D eigenvalue weighted by Gasteiger charge is 2.28. The molecule has 2 aromatic heterocycles. The number of pyridine rings is 1. The number of amides is 1. The molecule has 1 saturated heterocycles. The highest BCUT2D eigenvalue weighted by molar-refractivity contribution is 6.09. The number of aromatic nitrogens is 3. The van der Waals surface area contributed by atoms with Crippen molar-refractivity contribution in [3.63, 3.8) is 0 Å². The van der Waals surface area contributed by atoms with Crippen LogP contribution in [-0.4, -0.2) is 44.0 Å². The summed E-state index contributed by atoms with van der Waals surface area (Å²) in [6, 6.07) is 3.83. The molecular weight excluding hydrogens is 290 g/mol. The Morgan fingerprint density at radius 3 is 3.00 bits per heavy atom. The maximum absolute atomic E-state index is 11.9. The number of dihydropyridines is 1. The fourth-order valence-corrected chi connectivity index (χ4v) is 3.00. The molecular formula is C17H17N5O. The lowest BCUT2D eigenvalue weighted by Gasteiger charge is -2.26. The van der Waals surface area contributed by atoms with Crippen molar-refractivity contribution in [1.29, 1.82) is 0 Å². The van der Waals surface area contributed by atoms with Crippen molar-refractivity contribution < 1.29 is 4.79 Å². The van der Waals surface area contributed by atoms with Gasteiger partial charge in [0.05, 0.1) is 23.8 Å². The van der Waals surface area contributed by atoms with E-state index in [2.05, 4.69) is 16.2 Å². The molecule has 1 unspecified atom stereocenters. The van der Waals surface area contributed by atoms with E-state index in [0.29, 0.717) is 6.42 Å². The Hall–Kier alpha value is -2.76. The Bertz CT molecular complexity index is 777. The molecule has 0 aromatic carbocycles. The van der Waals surface area contributed by atoms with E-state index < -0.39 is 0 Å². The maximum Gasteiger partial charge on any atom is 0.224 e. The summed E-state index contributed by atoms with van der Waals surface area (Å²) in [6.07, 6.45) is 13.6. The summed E-state index contributed by atoms with van der Waals surface area (Å²) in [7, 11) is 0. The molecule has 2 aromatic rings. The SMILES string of the molecule is O=C1CCCN1C1CC=CC(c2cnn(-c3cccnc3)c2)=N1. The lowest BCUT2D eigenvalue weighted by atomic mass is 10.1. The van der Waals surface area contributed by atoms with Crippen molar-refractivity contribution in [3.8, 4) is 5.69 Å². The molecule has 2 aliphatic rings. The van der Waals surface area contributed by atoms with E-state index in [1.165, 1.54) is 0 Å². The summed E-state index contributed by atoms with van der Waals surface area (Å²) in [4.78, 5) is 22.7. The number of likely N-dealkylation sites (tertiary alicyclic amines) is 1. The molecule has 116 valence electrons. The molecule has 0 bridgehead atoms. The molecule has 1 atom stereocenters. The van der Waals surface area contributed by atoms with Gasteiger partial charge < -0.3 is 4.90 Å². The largest absolute Gasteiger partial charge is 0.320 e. The molecule has 6 heteroatoms. The van der Waals surface area contributed by atoms with Crippen molar-refractivity contribution in [2.75, 3.05) is 6.54 Å². The molecule has 1 fully saturated rings. The number of hydrogen-bond donors (Lipinski definition) is 0. The van der Waals surface area contributed by atoms with E-state index in [0.717, 1.165) is 36.3 Å². The molecule has 23 heavy (non-hydrogen) atoms. The van der Waals surface area contributed by atoms with Crippen LogP contribution in [0.1, 0.15) is 24.8 Å². The standard InChI is InChI=1S/C17H17N5O/c23-17-7-3-9-21(17)16-6-1-5-15(20-16)13-10-19-22(12-13)14-4-2-8-18-11-14/h1-2,4-5,8,10-12,16H,3,6-7,9H2. The molecule has 2 aliphatic heterocycles. The van der Waals surface area contributed by atoms with E-state index >= 15 is 0 Å². The fourth-order valence-electron chi connectivity index (χ4n) is 3.00. The van der Waals surface area contributed by atoms with Crippen molar-refractivity contribution in [3.05, 3.63) is 54.6 Å². The van der Waals surface area contributed by atoms with Gasteiger partial charge in [0, 0.05) is 37.3 Å². The number of allylic oxidation sites excluding steroid dienone is 1. The van der Waals surface area contributed by atoms with E-state index in [1.807, 2.05) is 29.3 Å². The minimum Gasteiger partial charge on any atom is -0.320 e. The average molecular weight is 307 g/mol. The normalized spacial score (nSPS) is 20.9. The quantitative estimate of drug-likeness (QED) is 0.871. The number of aliphatic imine (C=N–C) groups is 1. The van der Waals surface area contributed by atoms with E-state index in [4.69, 9.17) is 4.99 Å². The predicted molar refractivity (Wildman–Crippen MR) is 86.4 cm³/mol. The van der Waals surface area contributed by atoms with Gasteiger partial charge in [-0.25, -0.2) is 4.68 Å². The van der Waals surface area contributed by atoms with Crippen molar-refractivity contribution in [1.82, 2.24) is 19.7 Å². The summed E-state index contributed by atoms with van der Waals surface area (Å²) < 4.78 is 1.78. The predicted octanol–water partition coefficient (Wildman–Crippen LogP) is 1.96. The van der Waals surface area contributed by atoms with Crippen molar-refractivity contribution in [2.45, 2.75) is 25.4 Å². The lowest BCUT2D eigenvalue weighted by Crippen LogP contribution is -2.36. The van der Waals surface area contributed by atoms with Gasteiger partial charge in [-0.2, -0.15) is 5.10 Å². The van der Waals surface area contributed by atoms with Gasteiger partial charge in [-0.15, -0.1) is 0 Å². The van der Waals surface area contributed by atoms with Crippen LogP contribution in [0, 0.1) is 0 Å². The number of carbonyl (C=O) groups is 1. The minimum atomic E-state index is -0.0771. The van der Waals surface area contributed by atoms with Crippen LogP contribution in [0.5, 0.6) is 0 Å². The second-order valence-electron chi connectivity index (χ2n) is 5.71. The fraction of sp³-hybridized carbons (Fsp3) is 0.294. The Morgan fingerprint density at radius 2 is 2.22 bits per heavy atom. The van der Waals surface area contributed by atoms with Crippen molar-refractivity contribution >= 4 is 11.6 Å². The summed E-state index contributed by atoms with van der Waals surface area (Å²) in [5, 5.41) is 4.38. The summed E-state index contributed by atoms with van der Waals surface area (Å²) in [6.45, 7) is 0.809. The van der Waals surface area contributed by atoms with E-state index in [9.17, 15) is 4.79 Å². The zero-order valence-electron chi connectivity index (χ0n) is 12.7. The van der Waals surface area contributed by atoms with Crippen LogP contribution in [0.4, 0.5) is 0 Å². The van der Waals surface area contributed by atoms with Gasteiger partial charge in [-0.3, -0.25) is 14.8 Å². The molecule has 0 radical (unpaired) electrons. The number of hydrogen-bond acceptors (Lipinski definition) is 4. The van der Waals surface area contributed by atoms with Crippen molar-refractivity contribution in [2.24, 2.45) is 4.99 Å².